The summed E-state index contributed by atoms with van der Waals surface area (Å²) in [6.45, 7) is 10.1. The van der Waals surface area contributed by atoms with E-state index < -0.39 is 0 Å². The molecule has 0 spiro atoms. The highest BCUT2D eigenvalue weighted by atomic mass is 32.1. The second-order valence-corrected chi connectivity index (χ2v) is 6.73. The summed E-state index contributed by atoms with van der Waals surface area (Å²) in [4.78, 5) is 14.6. The maximum absolute atomic E-state index is 12.3. The molecule has 27 heavy (non-hydrogen) atoms. The van der Waals surface area contributed by atoms with Crippen LogP contribution in [0.15, 0.2) is 48.5 Å². The number of ether oxygens (including phenoxy) is 1. The average Bonchev–Trinajstić information content (AvgIpc) is 2.64. The van der Waals surface area contributed by atoms with Gasteiger partial charge >= 0.3 is 0 Å². The predicted molar refractivity (Wildman–Crippen MR) is 116 cm³/mol. The number of amides is 1. The Labute approximate surface area is 166 Å². The zero-order valence-corrected chi connectivity index (χ0v) is 17.1. The number of nitrogens with one attached hydrogen (secondary N) is 2. The molecule has 2 N–H and O–H groups in total. The molecule has 0 bridgehead atoms. The summed E-state index contributed by atoms with van der Waals surface area (Å²) in [5.41, 5.74) is 2.51. The molecule has 0 saturated carbocycles. The highest BCUT2D eigenvalue weighted by Gasteiger charge is 2.09. The SMILES string of the molecule is CCN(CC)c1ccc(NC(=S)NC(=O)c2ccc(OC(C)C)cc2)cc1. The highest BCUT2D eigenvalue weighted by Crippen LogP contribution is 2.18. The van der Waals surface area contributed by atoms with Crippen molar-refractivity contribution >= 4 is 34.6 Å². The molecule has 1 amide bonds. The smallest absolute Gasteiger partial charge is 0.257 e. The number of carbonyl (C=O) groups is 1. The van der Waals surface area contributed by atoms with Crippen molar-refractivity contribution in [1.29, 1.82) is 0 Å². The van der Waals surface area contributed by atoms with Crippen LogP contribution in [0.25, 0.3) is 0 Å². The number of nitrogens with zero attached hydrogens (tertiary/aromatic N) is 1. The fourth-order valence-corrected chi connectivity index (χ4v) is 2.85. The molecule has 0 fully saturated rings. The Hall–Kier alpha value is -2.60. The molecule has 2 rings (SSSR count). The Kier molecular flexibility index (Phi) is 7.61. The lowest BCUT2D eigenvalue weighted by Crippen LogP contribution is -2.34. The second kappa shape index (κ2) is 9.92. The summed E-state index contributed by atoms with van der Waals surface area (Å²) < 4.78 is 5.58. The molecule has 0 aliphatic rings. The van der Waals surface area contributed by atoms with Gasteiger partial charge in [-0.2, -0.15) is 0 Å². The number of hydrogen-bond acceptors (Lipinski definition) is 4. The fraction of sp³-hybridized carbons (Fsp3) is 0.333. The Balaban J connectivity index is 1.92. The predicted octanol–water partition coefficient (Wildman–Crippen LogP) is 4.45. The van der Waals surface area contributed by atoms with E-state index >= 15 is 0 Å². The first-order valence-corrected chi connectivity index (χ1v) is 9.57. The van der Waals surface area contributed by atoms with Gasteiger partial charge in [-0.3, -0.25) is 10.1 Å². The van der Waals surface area contributed by atoms with Gasteiger partial charge in [0.25, 0.3) is 5.91 Å². The van der Waals surface area contributed by atoms with Crippen LogP contribution in [0.2, 0.25) is 0 Å². The van der Waals surface area contributed by atoms with Gasteiger partial charge in [0, 0.05) is 30.0 Å². The number of benzene rings is 2. The van der Waals surface area contributed by atoms with Gasteiger partial charge in [0.15, 0.2) is 5.11 Å². The van der Waals surface area contributed by atoms with Gasteiger partial charge in [-0.1, -0.05) is 0 Å². The first-order valence-electron chi connectivity index (χ1n) is 9.17. The van der Waals surface area contributed by atoms with Crippen molar-refractivity contribution < 1.29 is 9.53 Å². The van der Waals surface area contributed by atoms with E-state index in [2.05, 4.69) is 29.4 Å². The van der Waals surface area contributed by atoms with Crippen LogP contribution in [0.5, 0.6) is 5.75 Å². The third-order valence-electron chi connectivity index (χ3n) is 3.97. The van der Waals surface area contributed by atoms with E-state index in [1.807, 2.05) is 38.1 Å². The molecule has 0 atom stereocenters. The van der Waals surface area contributed by atoms with Gasteiger partial charge in [-0.05, 0) is 88.4 Å². The monoisotopic (exact) mass is 385 g/mol. The van der Waals surface area contributed by atoms with Crippen molar-refractivity contribution in [2.45, 2.75) is 33.8 Å². The molecule has 0 heterocycles. The Morgan fingerprint density at radius 2 is 1.63 bits per heavy atom. The van der Waals surface area contributed by atoms with E-state index in [1.54, 1.807) is 24.3 Å². The zero-order chi connectivity index (χ0) is 19.8. The summed E-state index contributed by atoms with van der Waals surface area (Å²) in [5, 5.41) is 6.00. The summed E-state index contributed by atoms with van der Waals surface area (Å²) in [7, 11) is 0. The summed E-state index contributed by atoms with van der Waals surface area (Å²) in [6.07, 6.45) is 0.0922. The Morgan fingerprint density at radius 3 is 2.15 bits per heavy atom. The van der Waals surface area contributed by atoms with Gasteiger partial charge in [0.05, 0.1) is 6.10 Å². The third-order valence-corrected chi connectivity index (χ3v) is 4.17. The first-order chi connectivity index (χ1) is 12.9. The van der Waals surface area contributed by atoms with Crippen molar-refractivity contribution in [3.63, 3.8) is 0 Å². The molecule has 2 aromatic carbocycles. The molecule has 0 radical (unpaired) electrons. The van der Waals surface area contributed by atoms with E-state index in [0.717, 1.165) is 30.2 Å². The van der Waals surface area contributed by atoms with Gasteiger partial charge < -0.3 is 15.0 Å². The number of carbonyl (C=O) groups excluding carboxylic acids is 1. The normalized spacial score (nSPS) is 10.4. The van der Waals surface area contributed by atoms with E-state index in [0.29, 0.717) is 5.56 Å². The lowest BCUT2D eigenvalue weighted by atomic mass is 10.2. The molecular formula is C21H27N3O2S. The lowest BCUT2D eigenvalue weighted by molar-refractivity contribution is 0.0977. The summed E-state index contributed by atoms with van der Waals surface area (Å²) >= 11 is 5.25. The highest BCUT2D eigenvalue weighted by molar-refractivity contribution is 7.80. The van der Waals surface area contributed by atoms with E-state index in [-0.39, 0.29) is 17.1 Å². The van der Waals surface area contributed by atoms with Crippen LogP contribution in [0.3, 0.4) is 0 Å². The minimum Gasteiger partial charge on any atom is -0.491 e. The summed E-state index contributed by atoms with van der Waals surface area (Å²) in [6, 6.07) is 15.0. The number of anilines is 2. The molecule has 2 aromatic rings. The van der Waals surface area contributed by atoms with E-state index in [4.69, 9.17) is 17.0 Å². The Morgan fingerprint density at radius 1 is 1.04 bits per heavy atom. The maximum Gasteiger partial charge on any atom is 0.257 e. The molecule has 0 aliphatic carbocycles. The quantitative estimate of drug-likeness (QED) is 0.690. The van der Waals surface area contributed by atoms with Gasteiger partial charge in [-0.25, -0.2) is 0 Å². The van der Waals surface area contributed by atoms with Crippen LogP contribution in [-0.2, 0) is 0 Å². The molecular weight excluding hydrogens is 358 g/mol. The minimum atomic E-state index is -0.261. The van der Waals surface area contributed by atoms with Gasteiger partial charge in [0.2, 0.25) is 0 Å². The largest absolute Gasteiger partial charge is 0.491 e. The molecule has 5 nitrogen and oxygen atoms in total. The fourth-order valence-electron chi connectivity index (χ4n) is 2.64. The van der Waals surface area contributed by atoms with Crippen LogP contribution in [-0.4, -0.2) is 30.2 Å². The number of thiocarbonyl (C=S) groups is 1. The van der Waals surface area contributed by atoms with Crippen LogP contribution >= 0.6 is 12.2 Å². The zero-order valence-electron chi connectivity index (χ0n) is 16.3. The first kappa shape index (κ1) is 20.7. The Bertz CT molecular complexity index is 754. The molecule has 0 saturated heterocycles. The summed E-state index contributed by atoms with van der Waals surface area (Å²) in [5.74, 6) is 0.471. The molecule has 0 aromatic heterocycles. The molecule has 0 aliphatic heterocycles. The number of hydrogen-bond donors (Lipinski definition) is 2. The van der Waals surface area contributed by atoms with Crippen LogP contribution in [0.4, 0.5) is 11.4 Å². The topological polar surface area (TPSA) is 53.6 Å². The van der Waals surface area contributed by atoms with Crippen molar-refractivity contribution in [2.75, 3.05) is 23.3 Å². The van der Waals surface area contributed by atoms with Gasteiger partial charge in [0.1, 0.15) is 5.75 Å². The van der Waals surface area contributed by atoms with E-state index in [1.165, 1.54) is 0 Å². The van der Waals surface area contributed by atoms with Crippen LogP contribution in [0, 0.1) is 0 Å². The lowest BCUT2D eigenvalue weighted by Gasteiger charge is -2.21. The van der Waals surface area contributed by atoms with Crippen molar-refractivity contribution in [3.8, 4) is 5.75 Å². The minimum absolute atomic E-state index is 0.0922. The molecule has 144 valence electrons. The van der Waals surface area contributed by atoms with Gasteiger partial charge in [-0.15, -0.1) is 0 Å². The van der Waals surface area contributed by atoms with E-state index in [9.17, 15) is 4.79 Å². The second-order valence-electron chi connectivity index (χ2n) is 6.32. The average molecular weight is 386 g/mol. The van der Waals surface area contributed by atoms with Crippen LogP contribution in [0.1, 0.15) is 38.1 Å². The maximum atomic E-state index is 12.3. The van der Waals surface area contributed by atoms with Crippen molar-refractivity contribution in [3.05, 3.63) is 54.1 Å². The molecule has 0 unspecified atom stereocenters. The third kappa shape index (κ3) is 6.25. The molecule has 6 heteroatoms. The van der Waals surface area contributed by atoms with Crippen molar-refractivity contribution in [1.82, 2.24) is 5.32 Å². The number of rotatable bonds is 7. The van der Waals surface area contributed by atoms with Crippen molar-refractivity contribution in [2.24, 2.45) is 0 Å². The van der Waals surface area contributed by atoms with Crippen LogP contribution < -0.4 is 20.3 Å². The standard InChI is InChI=1S/C21H27N3O2S/c1-5-24(6-2)18-11-9-17(10-12-18)22-21(27)23-20(25)16-7-13-19(14-8-16)26-15(3)4/h7-15H,5-6H2,1-4H3,(H2,22,23,25,27).